The van der Waals surface area contributed by atoms with Crippen molar-refractivity contribution in [3.8, 4) is 0 Å². The van der Waals surface area contributed by atoms with Crippen LogP contribution in [0.4, 0.5) is 0 Å². The zero-order valence-electron chi connectivity index (χ0n) is 34.7. The molecule has 1 N–H and O–H groups in total. The summed E-state index contributed by atoms with van der Waals surface area (Å²) in [5.41, 5.74) is 0. The van der Waals surface area contributed by atoms with E-state index in [1.165, 1.54) is 77.0 Å². The van der Waals surface area contributed by atoms with Crippen molar-refractivity contribution in [2.45, 2.75) is 180 Å². The summed E-state index contributed by atoms with van der Waals surface area (Å²) in [7, 11) is 1.45. The summed E-state index contributed by atoms with van der Waals surface area (Å²) in [6.45, 7) is 4.35. The van der Waals surface area contributed by atoms with Gasteiger partial charge in [0.1, 0.15) is 19.8 Å². The minimum Gasteiger partial charge on any atom is -0.462 e. The van der Waals surface area contributed by atoms with E-state index in [-0.39, 0.29) is 26.1 Å². The monoisotopic (exact) mass is 771 g/mol. The average Bonchev–Trinajstić information content (AvgIpc) is 3.10. The second-order valence-corrected chi connectivity index (χ2v) is 16.8. The Balaban J connectivity index is 4.45. The molecule has 1 unspecified atom stereocenters. The van der Waals surface area contributed by atoms with E-state index in [4.69, 9.17) is 18.5 Å². The van der Waals surface area contributed by atoms with Crippen LogP contribution in [-0.2, 0) is 32.7 Å². The van der Waals surface area contributed by atoms with Gasteiger partial charge in [0.15, 0.2) is 6.10 Å². The molecule has 10 heteroatoms. The fourth-order valence-corrected chi connectivity index (χ4v) is 6.25. The standard InChI is InChI=1S/C43H80NO8P/c1-6-8-10-12-14-16-18-20-22-24-25-27-29-31-33-35-42(45)49-39-41(40-51-53(47,48)50-38-37-44(3,4)5)52-43(46)36-34-32-30-28-26-23-21-19-17-15-13-11-9-7-2/h19-22,25,27,41H,6-18,23-24,26,28-40H2,1-5H3/p+1/b21-19+,22-20+,27-25+/t41-/m1/s1. The van der Waals surface area contributed by atoms with Crippen LogP contribution in [0.2, 0.25) is 0 Å². The Hall–Kier alpha value is -1.77. The van der Waals surface area contributed by atoms with Crippen molar-refractivity contribution in [1.82, 2.24) is 0 Å². The molecule has 53 heavy (non-hydrogen) atoms. The van der Waals surface area contributed by atoms with Crippen molar-refractivity contribution in [2.24, 2.45) is 0 Å². The maximum Gasteiger partial charge on any atom is 0.472 e. The summed E-state index contributed by atoms with van der Waals surface area (Å²) in [6, 6.07) is 0. The summed E-state index contributed by atoms with van der Waals surface area (Å²) in [5, 5.41) is 0. The largest absolute Gasteiger partial charge is 0.472 e. The summed E-state index contributed by atoms with van der Waals surface area (Å²) >= 11 is 0. The predicted octanol–water partition coefficient (Wildman–Crippen LogP) is 11.7. The first-order valence-electron chi connectivity index (χ1n) is 21.2. The first kappa shape index (κ1) is 51.2. The molecule has 310 valence electrons. The number of unbranched alkanes of at least 4 members (excludes halogenated alkanes) is 18. The molecule has 0 saturated heterocycles. The Labute approximate surface area is 325 Å². The third-order valence-electron chi connectivity index (χ3n) is 8.89. The number of ether oxygens (including phenoxy) is 2. The van der Waals surface area contributed by atoms with Gasteiger partial charge in [-0.15, -0.1) is 0 Å². The first-order chi connectivity index (χ1) is 25.5. The molecule has 0 bridgehead atoms. The molecule has 0 radical (unpaired) electrons. The SMILES string of the molecule is CCCCCCC/C=C/CCCCCCCC(=O)O[C@H](COC(=O)CCCC/C=C/C/C=C/CCCCCCCC)COP(=O)(O)OCC[N+](C)(C)C. The molecule has 0 saturated carbocycles. The molecular formula is C43H81NO8P+. The second-order valence-electron chi connectivity index (χ2n) is 15.4. The Bertz CT molecular complexity index is 1010. The van der Waals surface area contributed by atoms with Crippen LogP contribution in [0.3, 0.4) is 0 Å². The molecule has 9 nitrogen and oxygen atoms in total. The summed E-state index contributed by atoms with van der Waals surface area (Å²) in [6.07, 6.45) is 39.0. The maximum atomic E-state index is 12.6. The molecule has 0 aliphatic carbocycles. The van der Waals surface area contributed by atoms with Crippen LogP contribution in [0.5, 0.6) is 0 Å². The van der Waals surface area contributed by atoms with Gasteiger partial charge < -0.3 is 18.9 Å². The van der Waals surface area contributed by atoms with Crippen molar-refractivity contribution >= 4 is 19.8 Å². The Kier molecular flexibility index (Phi) is 34.7. The number of nitrogens with zero attached hydrogens (tertiary/aromatic N) is 1. The van der Waals surface area contributed by atoms with E-state index >= 15 is 0 Å². The molecule has 0 amide bonds. The van der Waals surface area contributed by atoms with E-state index in [1.807, 2.05) is 21.1 Å². The number of carbonyl (C=O) groups is 2. The van der Waals surface area contributed by atoms with Crippen molar-refractivity contribution in [3.63, 3.8) is 0 Å². The number of hydrogen-bond donors (Lipinski definition) is 1. The van der Waals surface area contributed by atoms with E-state index in [0.717, 1.165) is 57.8 Å². The Morgan fingerprint density at radius 2 is 1.02 bits per heavy atom. The van der Waals surface area contributed by atoms with Gasteiger partial charge in [0.25, 0.3) is 0 Å². The van der Waals surface area contributed by atoms with Gasteiger partial charge in [-0.1, -0.05) is 127 Å². The fraction of sp³-hybridized carbons (Fsp3) is 0.814. The van der Waals surface area contributed by atoms with E-state index in [0.29, 0.717) is 23.9 Å². The number of phosphoric acid groups is 1. The molecular weight excluding hydrogens is 689 g/mol. The average molecular weight is 771 g/mol. The van der Waals surface area contributed by atoms with Crippen molar-refractivity contribution in [1.29, 1.82) is 0 Å². The topological polar surface area (TPSA) is 108 Å². The lowest BCUT2D eigenvalue weighted by atomic mass is 10.1. The van der Waals surface area contributed by atoms with E-state index in [2.05, 4.69) is 50.3 Å². The lowest BCUT2D eigenvalue weighted by Gasteiger charge is -2.24. The quantitative estimate of drug-likeness (QED) is 0.0217. The van der Waals surface area contributed by atoms with Crippen molar-refractivity contribution < 1.29 is 42.1 Å². The van der Waals surface area contributed by atoms with Crippen molar-refractivity contribution in [2.75, 3.05) is 47.5 Å². The number of hydrogen-bond acceptors (Lipinski definition) is 7. The number of carbonyl (C=O) groups excluding carboxylic acids is 2. The van der Waals surface area contributed by atoms with Gasteiger partial charge in [0, 0.05) is 12.8 Å². The highest BCUT2D eigenvalue weighted by Crippen LogP contribution is 2.43. The normalized spacial score (nSPS) is 14.0. The van der Waals surface area contributed by atoms with E-state index < -0.39 is 32.5 Å². The van der Waals surface area contributed by atoms with E-state index in [1.54, 1.807) is 0 Å². The number of rotatable bonds is 38. The third kappa shape index (κ3) is 39.7. The van der Waals surface area contributed by atoms with Gasteiger partial charge in [-0.3, -0.25) is 18.6 Å². The maximum absolute atomic E-state index is 12.6. The minimum absolute atomic E-state index is 0.0251. The molecule has 0 aliphatic rings. The van der Waals surface area contributed by atoms with Crippen LogP contribution < -0.4 is 0 Å². The lowest BCUT2D eigenvalue weighted by molar-refractivity contribution is -0.870. The highest BCUT2D eigenvalue weighted by Gasteiger charge is 2.27. The summed E-state index contributed by atoms with van der Waals surface area (Å²) in [4.78, 5) is 35.3. The Morgan fingerprint density at radius 1 is 0.585 bits per heavy atom. The highest BCUT2D eigenvalue weighted by molar-refractivity contribution is 7.47. The smallest absolute Gasteiger partial charge is 0.462 e. The fourth-order valence-electron chi connectivity index (χ4n) is 5.51. The number of quaternary nitrogens is 1. The van der Waals surface area contributed by atoms with Crippen molar-refractivity contribution in [3.05, 3.63) is 36.5 Å². The number of phosphoric ester groups is 1. The van der Waals surface area contributed by atoms with Gasteiger partial charge >= 0.3 is 19.8 Å². The zero-order valence-corrected chi connectivity index (χ0v) is 35.6. The predicted molar refractivity (Wildman–Crippen MR) is 220 cm³/mol. The molecule has 0 aliphatic heterocycles. The highest BCUT2D eigenvalue weighted by atomic mass is 31.2. The zero-order chi connectivity index (χ0) is 39.3. The van der Waals surface area contributed by atoms with Gasteiger partial charge in [0.2, 0.25) is 0 Å². The number of esters is 2. The molecule has 0 aromatic carbocycles. The molecule has 0 heterocycles. The lowest BCUT2D eigenvalue weighted by Crippen LogP contribution is -2.37. The third-order valence-corrected chi connectivity index (χ3v) is 9.88. The van der Waals surface area contributed by atoms with Crippen LogP contribution in [-0.4, -0.2) is 74.9 Å². The summed E-state index contributed by atoms with van der Waals surface area (Å²) < 4.78 is 34.2. The second kappa shape index (κ2) is 35.9. The number of allylic oxidation sites excluding steroid dienone is 6. The Morgan fingerprint density at radius 3 is 1.55 bits per heavy atom. The molecule has 2 atom stereocenters. The number of likely N-dealkylation sites (N-methyl/N-ethyl adjacent to an activating group) is 1. The van der Waals surface area contributed by atoms with Crippen LogP contribution in [0.15, 0.2) is 36.5 Å². The van der Waals surface area contributed by atoms with Crippen LogP contribution in [0.1, 0.15) is 174 Å². The molecule has 0 rings (SSSR count). The van der Waals surface area contributed by atoms with Crippen LogP contribution in [0, 0.1) is 0 Å². The summed E-state index contributed by atoms with van der Waals surface area (Å²) in [5.74, 6) is -0.847. The molecule has 0 fully saturated rings. The van der Waals surface area contributed by atoms with Gasteiger partial charge in [-0.2, -0.15) is 0 Å². The molecule has 0 aromatic rings. The van der Waals surface area contributed by atoms with Gasteiger partial charge in [0.05, 0.1) is 27.7 Å². The van der Waals surface area contributed by atoms with Crippen LogP contribution in [0.25, 0.3) is 0 Å². The minimum atomic E-state index is -4.38. The molecule has 0 spiro atoms. The van der Waals surface area contributed by atoms with Gasteiger partial charge in [-0.25, -0.2) is 4.57 Å². The van der Waals surface area contributed by atoms with E-state index in [9.17, 15) is 19.0 Å². The van der Waals surface area contributed by atoms with Gasteiger partial charge in [-0.05, 0) is 70.6 Å². The van der Waals surface area contributed by atoms with Crippen LogP contribution >= 0.6 is 7.82 Å². The molecule has 0 aromatic heterocycles. The first-order valence-corrected chi connectivity index (χ1v) is 22.7.